The standard InChI is InChI=1S/C23H17N3O2/c27-23-19-14-24-22-18(21(19)25-26(23)17-10-5-2-6-11-17)12-7-13-20(22)28-15-16-8-3-1-4-9-16/h1-14,25H,15H2. The van der Waals surface area contributed by atoms with Gasteiger partial charge in [0.2, 0.25) is 0 Å². The van der Waals surface area contributed by atoms with Crippen LogP contribution in [0.2, 0.25) is 0 Å². The molecule has 0 bridgehead atoms. The molecule has 5 nitrogen and oxygen atoms in total. The van der Waals surface area contributed by atoms with Crippen LogP contribution >= 0.6 is 0 Å². The van der Waals surface area contributed by atoms with Crippen LogP contribution in [0.1, 0.15) is 5.56 Å². The molecule has 5 heteroatoms. The quantitative estimate of drug-likeness (QED) is 0.511. The lowest BCUT2D eigenvalue weighted by Gasteiger charge is -2.09. The molecule has 0 spiro atoms. The fourth-order valence-corrected chi connectivity index (χ4v) is 3.37. The summed E-state index contributed by atoms with van der Waals surface area (Å²) in [5, 5.41) is 4.64. The summed E-state index contributed by atoms with van der Waals surface area (Å²) in [7, 11) is 0. The Hall–Kier alpha value is -3.86. The number of para-hydroxylation sites is 2. The number of hydrogen-bond donors (Lipinski definition) is 1. The number of fused-ring (bicyclic) bond motifs is 3. The van der Waals surface area contributed by atoms with Gasteiger partial charge in [-0.1, -0.05) is 60.7 Å². The lowest BCUT2D eigenvalue weighted by molar-refractivity contribution is 0.309. The van der Waals surface area contributed by atoms with Gasteiger partial charge in [-0.3, -0.25) is 14.9 Å². The number of nitrogens with one attached hydrogen (secondary N) is 1. The predicted octanol–water partition coefficient (Wildman–Crippen LogP) is 4.45. The molecule has 0 saturated heterocycles. The molecule has 0 aliphatic rings. The first-order chi connectivity index (χ1) is 13.8. The van der Waals surface area contributed by atoms with E-state index >= 15 is 0 Å². The van der Waals surface area contributed by atoms with Crippen molar-refractivity contribution in [3.05, 3.63) is 101 Å². The number of benzene rings is 3. The SMILES string of the molecule is O=c1c2cnc3c(OCc4ccccc4)cccc3c2[nH]n1-c1ccccc1. The second-order valence-electron chi connectivity index (χ2n) is 6.56. The smallest absolute Gasteiger partial charge is 0.280 e. The fourth-order valence-electron chi connectivity index (χ4n) is 3.37. The van der Waals surface area contributed by atoms with Crippen LogP contribution in [-0.4, -0.2) is 14.8 Å². The highest BCUT2D eigenvalue weighted by Gasteiger charge is 2.14. The zero-order valence-electron chi connectivity index (χ0n) is 15.0. The lowest BCUT2D eigenvalue weighted by atomic mass is 10.1. The van der Waals surface area contributed by atoms with Gasteiger partial charge >= 0.3 is 0 Å². The number of aromatic amines is 1. The minimum Gasteiger partial charge on any atom is -0.487 e. The molecular weight excluding hydrogens is 350 g/mol. The van der Waals surface area contributed by atoms with Gasteiger partial charge in [-0.2, -0.15) is 0 Å². The van der Waals surface area contributed by atoms with Crippen LogP contribution in [0.15, 0.2) is 89.9 Å². The maximum atomic E-state index is 12.8. The molecule has 0 unspecified atom stereocenters. The van der Waals surface area contributed by atoms with E-state index in [4.69, 9.17) is 4.74 Å². The molecule has 0 amide bonds. The van der Waals surface area contributed by atoms with E-state index in [0.29, 0.717) is 17.7 Å². The maximum absolute atomic E-state index is 12.8. The van der Waals surface area contributed by atoms with E-state index in [1.807, 2.05) is 78.9 Å². The van der Waals surface area contributed by atoms with Gasteiger partial charge < -0.3 is 4.74 Å². The Kier molecular flexibility index (Phi) is 3.91. The van der Waals surface area contributed by atoms with Crippen molar-refractivity contribution in [3.63, 3.8) is 0 Å². The van der Waals surface area contributed by atoms with Crippen LogP contribution in [0.4, 0.5) is 0 Å². The molecule has 0 aliphatic heterocycles. The topological polar surface area (TPSA) is 59.9 Å². The molecule has 5 aromatic rings. The van der Waals surface area contributed by atoms with Gasteiger partial charge in [0.05, 0.1) is 16.6 Å². The molecular formula is C23H17N3O2. The van der Waals surface area contributed by atoms with Crippen molar-refractivity contribution >= 4 is 21.8 Å². The third-order valence-corrected chi connectivity index (χ3v) is 4.77. The summed E-state index contributed by atoms with van der Waals surface area (Å²) in [4.78, 5) is 17.4. The number of rotatable bonds is 4. The zero-order valence-corrected chi connectivity index (χ0v) is 15.0. The first-order valence-corrected chi connectivity index (χ1v) is 9.06. The van der Waals surface area contributed by atoms with Gasteiger partial charge in [0.15, 0.2) is 0 Å². The van der Waals surface area contributed by atoms with Crippen molar-refractivity contribution in [2.75, 3.05) is 0 Å². The maximum Gasteiger partial charge on any atom is 0.280 e. The van der Waals surface area contributed by atoms with Crippen molar-refractivity contribution in [2.45, 2.75) is 6.61 Å². The van der Waals surface area contributed by atoms with Crippen molar-refractivity contribution in [3.8, 4) is 11.4 Å². The molecule has 0 fully saturated rings. The van der Waals surface area contributed by atoms with Crippen LogP contribution in [0.5, 0.6) is 5.75 Å². The van der Waals surface area contributed by atoms with Crippen molar-refractivity contribution in [1.29, 1.82) is 0 Å². The van der Waals surface area contributed by atoms with Gasteiger partial charge in [-0.15, -0.1) is 0 Å². The zero-order chi connectivity index (χ0) is 18.9. The fraction of sp³-hybridized carbons (Fsp3) is 0.0435. The molecule has 5 rings (SSSR count). The second kappa shape index (κ2) is 6.70. The van der Waals surface area contributed by atoms with E-state index in [2.05, 4.69) is 10.1 Å². The Bertz CT molecular complexity index is 1320. The summed E-state index contributed by atoms with van der Waals surface area (Å²) in [5.74, 6) is 0.691. The first kappa shape index (κ1) is 16.3. The Labute approximate surface area is 160 Å². The van der Waals surface area contributed by atoms with Crippen LogP contribution < -0.4 is 10.3 Å². The summed E-state index contributed by atoms with van der Waals surface area (Å²) in [6, 6.07) is 25.3. The van der Waals surface area contributed by atoms with E-state index in [1.54, 1.807) is 10.9 Å². The van der Waals surface area contributed by atoms with Crippen molar-refractivity contribution in [2.24, 2.45) is 0 Å². The third-order valence-electron chi connectivity index (χ3n) is 4.77. The minimum atomic E-state index is -0.119. The Morgan fingerprint density at radius 2 is 1.61 bits per heavy atom. The number of aromatic nitrogens is 3. The normalized spacial score (nSPS) is 11.1. The Morgan fingerprint density at radius 1 is 0.857 bits per heavy atom. The molecule has 0 atom stereocenters. The molecule has 2 heterocycles. The molecule has 1 N–H and O–H groups in total. The number of pyridine rings is 1. The molecule has 0 radical (unpaired) electrons. The van der Waals surface area contributed by atoms with E-state index in [1.165, 1.54) is 0 Å². The van der Waals surface area contributed by atoms with Crippen LogP contribution in [-0.2, 0) is 6.61 Å². The van der Waals surface area contributed by atoms with Crippen LogP contribution in [0, 0.1) is 0 Å². The average Bonchev–Trinajstić information content (AvgIpc) is 3.10. The Morgan fingerprint density at radius 3 is 2.39 bits per heavy atom. The van der Waals surface area contributed by atoms with E-state index in [0.717, 1.165) is 27.7 Å². The highest BCUT2D eigenvalue weighted by molar-refractivity contribution is 6.04. The number of ether oxygens (including phenoxy) is 1. The molecule has 3 aromatic carbocycles. The molecule has 0 saturated carbocycles. The number of H-pyrrole nitrogens is 1. The van der Waals surface area contributed by atoms with E-state index < -0.39 is 0 Å². The molecule has 28 heavy (non-hydrogen) atoms. The highest BCUT2D eigenvalue weighted by Crippen LogP contribution is 2.28. The second-order valence-corrected chi connectivity index (χ2v) is 6.56. The largest absolute Gasteiger partial charge is 0.487 e. The highest BCUT2D eigenvalue weighted by atomic mass is 16.5. The lowest BCUT2D eigenvalue weighted by Crippen LogP contribution is -2.13. The minimum absolute atomic E-state index is 0.119. The Balaban J connectivity index is 1.62. The van der Waals surface area contributed by atoms with Gasteiger partial charge in [0.25, 0.3) is 5.56 Å². The summed E-state index contributed by atoms with van der Waals surface area (Å²) in [6.07, 6.45) is 1.62. The van der Waals surface area contributed by atoms with Crippen LogP contribution in [0.25, 0.3) is 27.5 Å². The summed E-state index contributed by atoms with van der Waals surface area (Å²) < 4.78 is 7.56. The van der Waals surface area contributed by atoms with Gasteiger partial charge in [-0.05, 0) is 23.8 Å². The molecule has 0 aliphatic carbocycles. The van der Waals surface area contributed by atoms with Gasteiger partial charge in [0.1, 0.15) is 17.9 Å². The van der Waals surface area contributed by atoms with Crippen LogP contribution in [0.3, 0.4) is 0 Å². The summed E-state index contributed by atoms with van der Waals surface area (Å²) >= 11 is 0. The molecule has 136 valence electrons. The average molecular weight is 367 g/mol. The number of hydrogen-bond acceptors (Lipinski definition) is 3. The van der Waals surface area contributed by atoms with Crippen molar-refractivity contribution < 1.29 is 4.74 Å². The summed E-state index contributed by atoms with van der Waals surface area (Å²) in [6.45, 7) is 0.460. The monoisotopic (exact) mass is 367 g/mol. The first-order valence-electron chi connectivity index (χ1n) is 9.06. The molecule has 2 aromatic heterocycles. The van der Waals surface area contributed by atoms with Crippen molar-refractivity contribution in [1.82, 2.24) is 14.8 Å². The van der Waals surface area contributed by atoms with Gasteiger partial charge in [0, 0.05) is 11.6 Å². The number of nitrogens with zero attached hydrogens (tertiary/aromatic N) is 2. The third kappa shape index (κ3) is 2.74. The predicted molar refractivity (Wildman–Crippen MR) is 110 cm³/mol. The van der Waals surface area contributed by atoms with E-state index in [9.17, 15) is 4.79 Å². The van der Waals surface area contributed by atoms with Gasteiger partial charge in [-0.25, -0.2) is 4.68 Å². The summed E-state index contributed by atoms with van der Waals surface area (Å²) in [5.41, 5.74) is 3.24. The van der Waals surface area contributed by atoms with E-state index in [-0.39, 0.29) is 5.56 Å².